The van der Waals surface area contributed by atoms with Crippen molar-refractivity contribution in [3.8, 4) is 0 Å². The lowest BCUT2D eigenvalue weighted by Gasteiger charge is -2.17. The molecule has 4 nitrogen and oxygen atoms in total. The molecule has 0 aromatic carbocycles. The predicted octanol–water partition coefficient (Wildman–Crippen LogP) is 3.13. The van der Waals surface area contributed by atoms with E-state index in [1.165, 1.54) is 0 Å². The fraction of sp³-hybridized carbons (Fsp3) is 0.571. The van der Waals surface area contributed by atoms with Gasteiger partial charge >= 0.3 is 11.9 Å². The summed E-state index contributed by atoms with van der Waals surface area (Å²) < 4.78 is 10.0. The first-order valence-corrected chi connectivity index (χ1v) is 6.26. The normalized spacial score (nSPS) is 11.4. The second-order valence-electron chi connectivity index (χ2n) is 3.97. The second-order valence-corrected chi connectivity index (χ2v) is 3.97. The number of esters is 2. The topological polar surface area (TPSA) is 52.6 Å². The van der Waals surface area contributed by atoms with Crippen LogP contribution in [0.4, 0.5) is 0 Å². The third-order valence-corrected chi connectivity index (χ3v) is 2.30. The Hall–Kier alpha value is -1.58. The summed E-state index contributed by atoms with van der Waals surface area (Å²) in [4.78, 5) is 22.7. The fourth-order valence-electron chi connectivity index (χ4n) is 1.25. The van der Waals surface area contributed by atoms with Gasteiger partial charge in [0.2, 0.25) is 6.29 Å². The summed E-state index contributed by atoms with van der Waals surface area (Å²) in [5, 5.41) is 0. The lowest BCUT2D eigenvalue weighted by molar-refractivity contribution is -0.182. The molecule has 0 rings (SSSR count). The Kier molecular flexibility index (Phi) is 8.62. The summed E-state index contributed by atoms with van der Waals surface area (Å²) in [6.45, 7) is 10.9. The van der Waals surface area contributed by atoms with Gasteiger partial charge in [0.25, 0.3) is 0 Å². The van der Waals surface area contributed by atoms with Gasteiger partial charge in [-0.05, 0) is 19.3 Å². The van der Waals surface area contributed by atoms with Gasteiger partial charge in [-0.2, -0.15) is 0 Å². The average molecular weight is 254 g/mol. The highest BCUT2D eigenvalue weighted by molar-refractivity contribution is 5.88. The summed E-state index contributed by atoms with van der Waals surface area (Å²) >= 11 is 0. The first kappa shape index (κ1) is 16.4. The van der Waals surface area contributed by atoms with Crippen molar-refractivity contribution >= 4 is 11.9 Å². The maximum atomic E-state index is 11.7. The van der Waals surface area contributed by atoms with Crippen LogP contribution < -0.4 is 0 Å². The van der Waals surface area contributed by atoms with Crippen molar-refractivity contribution in [2.24, 2.45) is 0 Å². The van der Waals surface area contributed by atoms with E-state index in [0.717, 1.165) is 25.3 Å². The molecule has 1 unspecified atom stereocenters. The summed E-state index contributed by atoms with van der Waals surface area (Å²) in [7, 11) is 0. The van der Waals surface area contributed by atoms with Gasteiger partial charge in [-0.3, -0.25) is 0 Å². The molecule has 0 bridgehead atoms. The molecule has 0 aromatic rings. The third kappa shape index (κ3) is 6.89. The van der Waals surface area contributed by atoms with Crippen molar-refractivity contribution in [3.63, 3.8) is 0 Å². The molecule has 0 saturated carbocycles. The van der Waals surface area contributed by atoms with Crippen molar-refractivity contribution in [3.05, 3.63) is 24.8 Å². The number of carbonyl (C=O) groups excluding carboxylic acids is 2. The maximum absolute atomic E-state index is 11.7. The van der Waals surface area contributed by atoms with Crippen molar-refractivity contribution in [1.29, 1.82) is 0 Å². The van der Waals surface area contributed by atoms with Gasteiger partial charge in [-0.1, -0.05) is 33.4 Å². The number of ether oxygens (including phenoxy) is 2. The van der Waals surface area contributed by atoms with Gasteiger partial charge < -0.3 is 9.47 Å². The van der Waals surface area contributed by atoms with E-state index in [1.54, 1.807) is 0 Å². The number of carbonyl (C=O) groups is 2. The largest absolute Gasteiger partial charge is 0.422 e. The van der Waals surface area contributed by atoms with Crippen LogP contribution in [0.25, 0.3) is 0 Å². The van der Waals surface area contributed by atoms with Crippen LogP contribution in [0, 0.1) is 0 Å². The molecule has 0 N–H and O–H groups in total. The van der Waals surface area contributed by atoms with E-state index in [0.29, 0.717) is 18.4 Å². The molecular formula is C14H22O4. The molecule has 102 valence electrons. The van der Waals surface area contributed by atoms with Crippen molar-refractivity contribution < 1.29 is 19.1 Å². The Morgan fingerprint density at radius 1 is 1.22 bits per heavy atom. The fourth-order valence-corrected chi connectivity index (χ4v) is 1.25. The smallest absolute Gasteiger partial charge is 0.336 e. The molecule has 0 heterocycles. The van der Waals surface area contributed by atoms with Crippen LogP contribution in [0.2, 0.25) is 0 Å². The molecule has 4 heteroatoms. The van der Waals surface area contributed by atoms with Gasteiger partial charge in [0.1, 0.15) is 0 Å². The van der Waals surface area contributed by atoms with Crippen LogP contribution in [-0.4, -0.2) is 18.2 Å². The van der Waals surface area contributed by atoms with Gasteiger partial charge in [0.05, 0.1) is 0 Å². The molecule has 0 aliphatic rings. The van der Waals surface area contributed by atoms with Gasteiger partial charge in [0, 0.05) is 18.1 Å². The second kappa shape index (κ2) is 9.45. The molecule has 0 aromatic heterocycles. The molecule has 0 saturated heterocycles. The first-order valence-electron chi connectivity index (χ1n) is 6.26. The predicted molar refractivity (Wildman–Crippen MR) is 69.7 cm³/mol. The van der Waals surface area contributed by atoms with E-state index >= 15 is 0 Å². The van der Waals surface area contributed by atoms with Gasteiger partial charge in [0.15, 0.2) is 0 Å². The Morgan fingerprint density at radius 2 is 1.89 bits per heavy atom. The summed E-state index contributed by atoms with van der Waals surface area (Å²) in [5.74, 6) is -1.10. The number of rotatable bonds is 9. The molecule has 0 fully saturated rings. The van der Waals surface area contributed by atoms with Crippen LogP contribution >= 0.6 is 0 Å². The van der Waals surface area contributed by atoms with Gasteiger partial charge in [-0.15, -0.1) is 0 Å². The maximum Gasteiger partial charge on any atom is 0.336 e. The summed E-state index contributed by atoms with van der Waals surface area (Å²) in [6.07, 6.45) is 3.86. The van der Waals surface area contributed by atoms with Gasteiger partial charge in [-0.25, -0.2) is 9.59 Å². The molecule has 0 spiro atoms. The zero-order valence-corrected chi connectivity index (χ0v) is 11.2. The van der Waals surface area contributed by atoms with E-state index in [4.69, 9.17) is 9.47 Å². The number of hydrogen-bond donors (Lipinski definition) is 0. The number of hydrogen-bond acceptors (Lipinski definition) is 4. The average Bonchev–Trinajstić information content (AvgIpc) is 2.35. The summed E-state index contributed by atoms with van der Waals surface area (Å²) in [6, 6.07) is 0. The van der Waals surface area contributed by atoms with Crippen LogP contribution in [0.3, 0.4) is 0 Å². The lowest BCUT2D eigenvalue weighted by atomic mass is 10.1. The Balaban J connectivity index is 4.29. The molecule has 0 radical (unpaired) electrons. The molecule has 1 atom stereocenters. The van der Waals surface area contributed by atoms with E-state index in [-0.39, 0.29) is 0 Å². The van der Waals surface area contributed by atoms with E-state index in [1.807, 2.05) is 13.8 Å². The molecule has 18 heavy (non-hydrogen) atoms. The zero-order chi connectivity index (χ0) is 14.0. The highest BCUT2D eigenvalue weighted by Crippen LogP contribution is 2.12. The standard InChI is InChI=1S/C14H22O4/c1-5-8-10-11(4)14(16)18-13(9-6-2)17-12(15)7-3/h7,13H,3-6,8-10H2,1-2H3. The summed E-state index contributed by atoms with van der Waals surface area (Å²) in [5.41, 5.74) is 0.410. The lowest BCUT2D eigenvalue weighted by Crippen LogP contribution is -2.24. The number of unbranched alkanes of at least 4 members (excludes halogenated alkanes) is 1. The van der Waals surface area contributed by atoms with Crippen molar-refractivity contribution in [2.75, 3.05) is 0 Å². The SMILES string of the molecule is C=CC(=O)OC(CCC)OC(=O)C(=C)CCCC. The Morgan fingerprint density at radius 3 is 2.39 bits per heavy atom. The van der Waals surface area contributed by atoms with Crippen LogP contribution in [0.15, 0.2) is 24.8 Å². The minimum atomic E-state index is -0.855. The highest BCUT2D eigenvalue weighted by Gasteiger charge is 2.18. The van der Waals surface area contributed by atoms with E-state index < -0.39 is 18.2 Å². The third-order valence-electron chi connectivity index (χ3n) is 2.30. The minimum absolute atomic E-state index is 0.410. The molecule has 0 amide bonds. The van der Waals surface area contributed by atoms with Crippen LogP contribution in [0.1, 0.15) is 46.0 Å². The monoisotopic (exact) mass is 254 g/mol. The van der Waals surface area contributed by atoms with Crippen molar-refractivity contribution in [2.45, 2.75) is 52.2 Å². The van der Waals surface area contributed by atoms with Crippen LogP contribution in [-0.2, 0) is 19.1 Å². The van der Waals surface area contributed by atoms with E-state index in [9.17, 15) is 9.59 Å². The Labute approximate surface area is 109 Å². The molecule has 0 aliphatic carbocycles. The van der Waals surface area contributed by atoms with Crippen molar-refractivity contribution in [1.82, 2.24) is 0 Å². The van der Waals surface area contributed by atoms with E-state index in [2.05, 4.69) is 13.2 Å². The van der Waals surface area contributed by atoms with Crippen LogP contribution in [0.5, 0.6) is 0 Å². The first-order chi connectivity index (χ1) is 8.54. The highest BCUT2D eigenvalue weighted by atomic mass is 16.7. The molecular weight excluding hydrogens is 232 g/mol. The minimum Gasteiger partial charge on any atom is -0.422 e. The quantitative estimate of drug-likeness (QED) is 0.360. The molecule has 0 aliphatic heterocycles. The zero-order valence-electron chi connectivity index (χ0n) is 11.2. The Bertz CT molecular complexity index is 307.